The van der Waals surface area contributed by atoms with Crippen LogP contribution in [0.2, 0.25) is 0 Å². The van der Waals surface area contributed by atoms with Crippen LogP contribution in [0.15, 0.2) is 24.3 Å². The smallest absolute Gasteiger partial charge is 0.339 e. The average molecular weight is 381 g/mol. The van der Waals surface area contributed by atoms with Gasteiger partial charge in [0.05, 0.1) is 5.56 Å². The Morgan fingerprint density at radius 1 is 0.962 bits per heavy atom. The van der Waals surface area contributed by atoms with Crippen LogP contribution in [0.1, 0.15) is 63.5 Å². The van der Waals surface area contributed by atoms with Crippen molar-refractivity contribution in [1.82, 2.24) is 15.1 Å². The Bertz CT molecular complexity index is 791. The number of hydrogen-bond acceptors (Lipinski definition) is 4. The van der Waals surface area contributed by atoms with Crippen molar-refractivity contribution in [2.24, 2.45) is 0 Å². The van der Waals surface area contributed by atoms with E-state index in [-0.39, 0.29) is 5.91 Å². The van der Waals surface area contributed by atoms with Crippen LogP contribution in [0.25, 0.3) is 0 Å². The highest BCUT2D eigenvalue weighted by Gasteiger charge is 2.32. The molecule has 0 spiro atoms. The molecule has 1 saturated heterocycles. The molecule has 8 heteroatoms. The van der Waals surface area contributed by atoms with E-state index >= 15 is 0 Å². The number of benzene rings is 1. The van der Waals surface area contributed by atoms with E-state index in [4.69, 9.17) is 0 Å². The fourth-order valence-corrected chi connectivity index (χ4v) is 4.40. The van der Waals surface area contributed by atoms with Crippen LogP contribution in [0, 0.1) is 0 Å². The normalized spacial score (nSPS) is 19.0. The van der Waals surface area contributed by atoms with E-state index in [0.29, 0.717) is 30.5 Å². The van der Waals surface area contributed by atoms with Gasteiger partial charge in [0.1, 0.15) is 10.0 Å². The first-order valence-electron chi connectivity index (χ1n) is 8.71. The number of piperidine rings is 1. The van der Waals surface area contributed by atoms with Gasteiger partial charge in [-0.2, -0.15) is 13.2 Å². The Balaban J connectivity index is 1.37. The number of likely N-dealkylation sites (tertiary alicyclic amines) is 1. The molecule has 4 rings (SSSR count). The lowest BCUT2D eigenvalue weighted by Gasteiger charge is -2.31. The second-order valence-corrected chi connectivity index (χ2v) is 7.94. The summed E-state index contributed by atoms with van der Waals surface area (Å²) >= 11 is 1.69. The third-order valence-electron chi connectivity index (χ3n) is 4.97. The molecule has 26 heavy (non-hydrogen) atoms. The molecule has 4 nitrogen and oxygen atoms in total. The first-order valence-corrected chi connectivity index (χ1v) is 9.53. The van der Waals surface area contributed by atoms with Gasteiger partial charge in [0.15, 0.2) is 0 Å². The Kier molecular flexibility index (Phi) is 4.46. The number of alkyl halides is 3. The van der Waals surface area contributed by atoms with Gasteiger partial charge in [-0.1, -0.05) is 0 Å². The fraction of sp³-hybridized carbons (Fsp3) is 0.500. The highest BCUT2D eigenvalue weighted by Crippen LogP contribution is 2.43. The molecule has 1 aliphatic carbocycles. The molecule has 0 radical (unpaired) electrons. The highest BCUT2D eigenvalue weighted by molar-refractivity contribution is 7.11. The number of halogens is 3. The Labute approximate surface area is 153 Å². The van der Waals surface area contributed by atoms with Crippen molar-refractivity contribution in [3.8, 4) is 0 Å². The molecule has 0 unspecified atom stereocenters. The molecule has 0 atom stereocenters. The third kappa shape index (κ3) is 3.60. The van der Waals surface area contributed by atoms with E-state index in [1.165, 1.54) is 25.0 Å². The van der Waals surface area contributed by atoms with Crippen molar-refractivity contribution in [1.29, 1.82) is 0 Å². The van der Waals surface area contributed by atoms with E-state index in [2.05, 4.69) is 10.2 Å². The predicted octanol–water partition coefficient (Wildman–Crippen LogP) is 4.45. The number of amides is 1. The first-order chi connectivity index (χ1) is 12.4. The van der Waals surface area contributed by atoms with Crippen LogP contribution in [-0.4, -0.2) is 34.1 Å². The van der Waals surface area contributed by atoms with Gasteiger partial charge in [0.25, 0.3) is 5.91 Å². The summed E-state index contributed by atoms with van der Waals surface area (Å²) in [5, 5.41) is 10.8. The van der Waals surface area contributed by atoms with Gasteiger partial charge in [0, 0.05) is 30.5 Å². The Hall–Kier alpha value is -1.96. The zero-order valence-corrected chi connectivity index (χ0v) is 14.8. The van der Waals surface area contributed by atoms with Gasteiger partial charge in [-0.3, -0.25) is 4.79 Å². The van der Waals surface area contributed by atoms with Gasteiger partial charge >= 0.3 is 6.18 Å². The summed E-state index contributed by atoms with van der Waals surface area (Å²) in [6, 6.07) is 4.43. The van der Waals surface area contributed by atoms with E-state index in [1.807, 2.05) is 0 Å². The van der Waals surface area contributed by atoms with Gasteiger partial charge in [-0.15, -0.1) is 21.5 Å². The minimum Gasteiger partial charge on any atom is -0.339 e. The van der Waals surface area contributed by atoms with Crippen molar-refractivity contribution < 1.29 is 18.0 Å². The molecule has 1 amide bonds. The van der Waals surface area contributed by atoms with Crippen LogP contribution in [0.3, 0.4) is 0 Å². The molecule has 2 fully saturated rings. The van der Waals surface area contributed by atoms with Crippen molar-refractivity contribution >= 4 is 17.2 Å². The number of carbonyl (C=O) groups excluding carboxylic acids is 1. The van der Waals surface area contributed by atoms with Gasteiger partial charge in [-0.25, -0.2) is 0 Å². The lowest BCUT2D eigenvalue weighted by atomic mass is 9.97. The van der Waals surface area contributed by atoms with Crippen molar-refractivity contribution in [2.75, 3.05) is 13.1 Å². The molecule has 1 aliphatic heterocycles. The predicted molar refractivity (Wildman–Crippen MR) is 91.2 cm³/mol. The van der Waals surface area contributed by atoms with E-state index in [1.54, 1.807) is 16.2 Å². The number of aromatic nitrogens is 2. The molecular formula is C18H18F3N3OS. The zero-order valence-electron chi connectivity index (χ0n) is 14.0. The van der Waals surface area contributed by atoms with Gasteiger partial charge in [-0.05, 0) is 49.9 Å². The third-order valence-corrected chi connectivity index (χ3v) is 6.22. The lowest BCUT2D eigenvalue weighted by molar-refractivity contribution is -0.137. The van der Waals surface area contributed by atoms with Crippen LogP contribution < -0.4 is 0 Å². The molecule has 1 aromatic heterocycles. The number of rotatable bonds is 3. The summed E-state index contributed by atoms with van der Waals surface area (Å²) in [4.78, 5) is 14.2. The highest BCUT2D eigenvalue weighted by atomic mass is 32.1. The van der Waals surface area contributed by atoms with Crippen molar-refractivity contribution in [3.63, 3.8) is 0 Å². The molecule has 2 aromatic rings. The maximum Gasteiger partial charge on any atom is 0.416 e. The maximum atomic E-state index is 12.6. The number of hydrogen-bond donors (Lipinski definition) is 0. The van der Waals surface area contributed by atoms with E-state index in [9.17, 15) is 18.0 Å². The second-order valence-electron chi connectivity index (χ2n) is 6.89. The van der Waals surface area contributed by atoms with E-state index in [0.717, 1.165) is 35.0 Å². The lowest BCUT2D eigenvalue weighted by Crippen LogP contribution is -2.37. The summed E-state index contributed by atoms with van der Waals surface area (Å²) in [6.45, 7) is 1.17. The summed E-state index contributed by atoms with van der Waals surface area (Å²) in [5.41, 5.74) is -0.445. The Morgan fingerprint density at radius 2 is 1.50 bits per heavy atom. The maximum absolute atomic E-state index is 12.6. The largest absolute Gasteiger partial charge is 0.416 e. The van der Waals surface area contributed by atoms with Crippen LogP contribution in [-0.2, 0) is 6.18 Å². The standard InChI is InChI=1S/C18H18F3N3OS/c19-18(20,21)14-5-3-13(4-6-14)17(25)24-9-7-12(8-10-24)16-23-22-15(26-16)11-1-2-11/h3-6,11-12H,1-2,7-10H2. The first kappa shape index (κ1) is 17.5. The average Bonchev–Trinajstić information content (AvgIpc) is 3.38. The van der Waals surface area contributed by atoms with Crippen molar-refractivity contribution in [2.45, 2.75) is 43.7 Å². The molecule has 2 aliphatic rings. The summed E-state index contributed by atoms with van der Waals surface area (Å²) in [7, 11) is 0. The molecule has 0 bridgehead atoms. The molecule has 138 valence electrons. The molecule has 1 saturated carbocycles. The SMILES string of the molecule is O=C(c1ccc(C(F)(F)F)cc1)N1CCC(c2nnc(C3CC3)s2)CC1. The monoisotopic (exact) mass is 381 g/mol. The molecule has 0 N–H and O–H groups in total. The molecule has 2 heterocycles. The Morgan fingerprint density at radius 3 is 2.00 bits per heavy atom. The van der Waals surface area contributed by atoms with Crippen LogP contribution in [0.4, 0.5) is 13.2 Å². The number of carbonyl (C=O) groups is 1. The zero-order chi connectivity index (χ0) is 18.3. The quantitative estimate of drug-likeness (QED) is 0.789. The minimum atomic E-state index is -4.39. The minimum absolute atomic E-state index is 0.215. The molecular weight excluding hydrogens is 363 g/mol. The topological polar surface area (TPSA) is 46.1 Å². The van der Waals surface area contributed by atoms with Gasteiger partial charge < -0.3 is 4.90 Å². The second kappa shape index (κ2) is 6.64. The van der Waals surface area contributed by atoms with Crippen molar-refractivity contribution in [3.05, 3.63) is 45.4 Å². The van der Waals surface area contributed by atoms with E-state index < -0.39 is 11.7 Å². The number of nitrogens with zero attached hydrogens (tertiary/aromatic N) is 3. The van der Waals surface area contributed by atoms with Crippen LogP contribution in [0.5, 0.6) is 0 Å². The summed E-state index contributed by atoms with van der Waals surface area (Å²) in [5.74, 6) is 0.701. The fourth-order valence-electron chi connectivity index (χ4n) is 3.22. The summed E-state index contributed by atoms with van der Waals surface area (Å²) in [6.07, 6.45) is -0.359. The molecule has 1 aromatic carbocycles. The summed E-state index contributed by atoms with van der Waals surface area (Å²) < 4.78 is 37.9. The van der Waals surface area contributed by atoms with Crippen LogP contribution >= 0.6 is 11.3 Å². The van der Waals surface area contributed by atoms with Gasteiger partial charge in [0.2, 0.25) is 0 Å².